The molecule has 0 saturated carbocycles. The molecule has 0 bridgehead atoms. The average Bonchev–Trinajstić information content (AvgIpc) is 2.92. The predicted molar refractivity (Wildman–Crippen MR) is 84.2 cm³/mol. The van der Waals surface area contributed by atoms with E-state index in [2.05, 4.69) is 62.1 Å². The van der Waals surface area contributed by atoms with Crippen LogP contribution < -0.4 is 4.90 Å². The van der Waals surface area contributed by atoms with Gasteiger partial charge in [0.1, 0.15) is 0 Å². The van der Waals surface area contributed by atoms with E-state index in [9.17, 15) is 0 Å². The lowest BCUT2D eigenvalue weighted by Crippen LogP contribution is -2.33. The third-order valence-corrected chi connectivity index (χ3v) is 4.26. The molecule has 106 valence electrons. The van der Waals surface area contributed by atoms with Gasteiger partial charge in [-0.15, -0.1) is 0 Å². The second-order valence-corrected chi connectivity index (χ2v) is 6.74. The zero-order chi connectivity index (χ0) is 14.5. The first-order valence-electron chi connectivity index (χ1n) is 7.29. The van der Waals surface area contributed by atoms with Gasteiger partial charge in [0.2, 0.25) is 0 Å². The Morgan fingerprint density at radius 1 is 1.20 bits per heavy atom. The predicted octanol–water partition coefficient (Wildman–Crippen LogP) is 3.59. The average molecular weight is 269 g/mol. The SMILES string of the molecule is CC(C)N1CC(C)(C)c2cc(-c3cnn(C)c3)ccc21. The zero-order valence-electron chi connectivity index (χ0n) is 13.0. The highest BCUT2D eigenvalue weighted by atomic mass is 15.2. The van der Waals surface area contributed by atoms with Crippen molar-refractivity contribution in [3.05, 3.63) is 36.2 Å². The van der Waals surface area contributed by atoms with Gasteiger partial charge in [-0.25, -0.2) is 0 Å². The fraction of sp³-hybridized carbons (Fsp3) is 0.471. The molecule has 3 heteroatoms. The van der Waals surface area contributed by atoms with E-state index in [0.717, 1.165) is 6.54 Å². The number of fused-ring (bicyclic) bond motifs is 1. The highest BCUT2D eigenvalue weighted by Gasteiger charge is 2.36. The van der Waals surface area contributed by atoms with E-state index in [1.807, 2.05) is 17.9 Å². The summed E-state index contributed by atoms with van der Waals surface area (Å²) in [5, 5.41) is 4.27. The first kappa shape index (κ1) is 13.2. The van der Waals surface area contributed by atoms with Crippen LogP contribution in [0.5, 0.6) is 0 Å². The van der Waals surface area contributed by atoms with Gasteiger partial charge in [-0.3, -0.25) is 4.68 Å². The largest absolute Gasteiger partial charge is 0.368 e. The first-order chi connectivity index (χ1) is 9.38. The molecule has 3 rings (SSSR count). The lowest BCUT2D eigenvalue weighted by molar-refractivity contribution is 0.532. The van der Waals surface area contributed by atoms with E-state index >= 15 is 0 Å². The second kappa shape index (κ2) is 4.37. The summed E-state index contributed by atoms with van der Waals surface area (Å²) in [5.41, 5.74) is 5.49. The van der Waals surface area contributed by atoms with Crippen LogP contribution in [0.15, 0.2) is 30.6 Å². The van der Waals surface area contributed by atoms with Crippen molar-refractivity contribution in [1.29, 1.82) is 0 Å². The van der Waals surface area contributed by atoms with Crippen LogP contribution in [0.1, 0.15) is 33.3 Å². The van der Waals surface area contributed by atoms with Gasteiger partial charge in [0.15, 0.2) is 0 Å². The van der Waals surface area contributed by atoms with Crippen LogP contribution >= 0.6 is 0 Å². The van der Waals surface area contributed by atoms with Gasteiger partial charge in [0, 0.05) is 42.5 Å². The van der Waals surface area contributed by atoms with Crippen LogP contribution in [0.2, 0.25) is 0 Å². The van der Waals surface area contributed by atoms with Crippen LogP contribution in [0.4, 0.5) is 5.69 Å². The van der Waals surface area contributed by atoms with Crippen molar-refractivity contribution in [2.45, 2.75) is 39.2 Å². The Kier molecular flexibility index (Phi) is 2.89. The molecule has 1 aliphatic heterocycles. The van der Waals surface area contributed by atoms with Gasteiger partial charge in [0.05, 0.1) is 6.20 Å². The topological polar surface area (TPSA) is 21.1 Å². The molecule has 0 unspecified atom stereocenters. The second-order valence-electron chi connectivity index (χ2n) is 6.74. The van der Waals surface area contributed by atoms with Crippen molar-refractivity contribution in [3.63, 3.8) is 0 Å². The van der Waals surface area contributed by atoms with E-state index in [1.54, 1.807) is 0 Å². The molecule has 0 saturated heterocycles. The van der Waals surface area contributed by atoms with E-state index in [0.29, 0.717) is 6.04 Å². The highest BCUT2D eigenvalue weighted by Crippen LogP contribution is 2.43. The Labute approximate surface area is 121 Å². The maximum Gasteiger partial charge on any atom is 0.0568 e. The molecule has 3 nitrogen and oxygen atoms in total. The van der Waals surface area contributed by atoms with E-state index in [1.165, 1.54) is 22.4 Å². The van der Waals surface area contributed by atoms with Gasteiger partial charge in [-0.1, -0.05) is 19.9 Å². The summed E-state index contributed by atoms with van der Waals surface area (Å²) in [6, 6.07) is 7.37. The zero-order valence-corrected chi connectivity index (χ0v) is 13.0. The molecule has 0 spiro atoms. The minimum atomic E-state index is 0.206. The number of aryl methyl sites for hydroxylation is 1. The summed E-state index contributed by atoms with van der Waals surface area (Å²) in [5.74, 6) is 0. The van der Waals surface area contributed by atoms with Crippen molar-refractivity contribution < 1.29 is 0 Å². The molecule has 1 aliphatic rings. The van der Waals surface area contributed by atoms with Gasteiger partial charge < -0.3 is 4.90 Å². The quantitative estimate of drug-likeness (QED) is 0.830. The van der Waals surface area contributed by atoms with Gasteiger partial charge >= 0.3 is 0 Å². The molecule has 2 aromatic rings. The Hall–Kier alpha value is -1.77. The van der Waals surface area contributed by atoms with Crippen LogP contribution in [0.3, 0.4) is 0 Å². The fourth-order valence-electron chi connectivity index (χ4n) is 3.14. The first-order valence-corrected chi connectivity index (χ1v) is 7.29. The molecule has 0 atom stereocenters. The minimum absolute atomic E-state index is 0.206. The highest BCUT2D eigenvalue weighted by molar-refractivity contribution is 5.72. The van der Waals surface area contributed by atoms with Crippen molar-refractivity contribution >= 4 is 5.69 Å². The maximum atomic E-state index is 4.27. The summed E-state index contributed by atoms with van der Waals surface area (Å²) in [6.07, 6.45) is 4.01. The van der Waals surface area contributed by atoms with Gasteiger partial charge in [-0.05, 0) is 37.1 Å². The number of rotatable bonds is 2. The summed E-state index contributed by atoms with van der Waals surface area (Å²) in [4.78, 5) is 2.50. The van der Waals surface area contributed by atoms with Crippen molar-refractivity contribution in [2.75, 3.05) is 11.4 Å². The van der Waals surface area contributed by atoms with E-state index < -0.39 is 0 Å². The smallest absolute Gasteiger partial charge is 0.0568 e. The van der Waals surface area contributed by atoms with Gasteiger partial charge in [-0.2, -0.15) is 5.10 Å². The van der Waals surface area contributed by atoms with Crippen LogP contribution in [-0.2, 0) is 12.5 Å². The molecule has 0 radical (unpaired) electrons. The lowest BCUT2D eigenvalue weighted by Gasteiger charge is -2.26. The van der Waals surface area contributed by atoms with Crippen LogP contribution in [0, 0.1) is 0 Å². The number of hydrogen-bond acceptors (Lipinski definition) is 2. The number of hydrogen-bond donors (Lipinski definition) is 0. The lowest BCUT2D eigenvalue weighted by atomic mass is 9.85. The molecule has 0 N–H and O–H groups in total. The fourth-order valence-corrected chi connectivity index (χ4v) is 3.14. The molecule has 0 aliphatic carbocycles. The standard InChI is InChI=1S/C17H23N3/c1-12(2)20-11-17(3,4)15-8-13(6-7-16(15)20)14-9-18-19(5)10-14/h6-10,12H,11H2,1-5H3. The van der Waals surface area contributed by atoms with E-state index in [4.69, 9.17) is 0 Å². The summed E-state index contributed by atoms with van der Waals surface area (Å²) < 4.78 is 1.86. The Balaban J connectivity index is 2.09. The summed E-state index contributed by atoms with van der Waals surface area (Å²) >= 11 is 0. The maximum absolute atomic E-state index is 4.27. The van der Waals surface area contributed by atoms with Gasteiger partial charge in [0.25, 0.3) is 0 Å². The molecule has 1 aromatic carbocycles. The van der Waals surface area contributed by atoms with Crippen LogP contribution in [0.25, 0.3) is 11.1 Å². The number of anilines is 1. The normalized spacial score (nSPS) is 16.8. The Morgan fingerprint density at radius 2 is 1.95 bits per heavy atom. The monoisotopic (exact) mass is 269 g/mol. The molecular formula is C17H23N3. The number of benzene rings is 1. The van der Waals surface area contributed by atoms with Crippen molar-refractivity contribution in [3.8, 4) is 11.1 Å². The molecule has 2 heterocycles. The van der Waals surface area contributed by atoms with Crippen molar-refractivity contribution in [1.82, 2.24) is 9.78 Å². The van der Waals surface area contributed by atoms with Crippen molar-refractivity contribution in [2.24, 2.45) is 7.05 Å². The molecule has 1 aromatic heterocycles. The molecule has 0 amide bonds. The Bertz CT molecular complexity index is 637. The summed E-state index contributed by atoms with van der Waals surface area (Å²) in [7, 11) is 1.96. The third-order valence-electron chi connectivity index (χ3n) is 4.26. The number of aromatic nitrogens is 2. The summed E-state index contributed by atoms with van der Waals surface area (Å²) in [6.45, 7) is 10.3. The molecular weight excluding hydrogens is 246 g/mol. The van der Waals surface area contributed by atoms with Crippen LogP contribution in [-0.4, -0.2) is 22.4 Å². The molecule has 20 heavy (non-hydrogen) atoms. The minimum Gasteiger partial charge on any atom is -0.368 e. The number of nitrogens with zero attached hydrogens (tertiary/aromatic N) is 3. The van der Waals surface area contributed by atoms with E-state index in [-0.39, 0.29) is 5.41 Å². The molecule has 0 fully saturated rings. The Morgan fingerprint density at radius 3 is 2.55 bits per heavy atom. The third kappa shape index (κ3) is 2.01.